The van der Waals surface area contributed by atoms with E-state index in [2.05, 4.69) is 34.6 Å². The Balaban J connectivity index is 1.48. The van der Waals surface area contributed by atoms with Gasteiger partial charge < -0.3 is 20.3 Å². The van der Waals surface area contributed by atoms with Gasteiger partial charge in [-0.2, -0.15) is 5.10 Å². The van der Waals surface area contributed by atoms with Gasteiger partial charge >= 0.3 is 0 Å². The van der Waals surface area contributed by atoms with Gasteiger partial charge in [0.2, 0.25) is 5.91 Å². The number of amides is 2. The van der Waals surface area contributed by atoms with Crippen LogP contribution in [-0.4, -0.2) is 69.9 Å². The van der Waals surface area contributed by atoms with Crippen LogP contribution in [-0.2, 0) is 16.1 Å². The van der Waals surface area contributed by atoms with Crippen molar-refractivity contribution in [1.29, 1.82) is 0 Å². The number of hydrogen-bond acceptors (Lipinski definition) is 6. The first-order valence-corrected chi connectivity index (χ1v) is 12.8. The quantitative estimate of drug-likeness (QED) is 0.614. The molecule has 2 saturated heterocycles. The molecular weight excluding hydrogens is 432 g/mol. The predicted molar refractivity (Wildman–Crippen MR) is 132 cm³/mol. The van der Waals surface area contributed by atoms with Gasteiger partial charge in [-0.25, -0.2) is 9.67 Å². The van der Waals surface area contributed by atoms with Crippen molar-refractivity contribution in [3.8, 4) is 0 Å². The van der Waals surface area contributed by atoms with Crippen LogP contribution >= 0.6 is 0 Å². The molecule has 186 valence electrons. The van der Waals surface area contributed by atoms with E-state index in [1.807, 2.05) is 16.5 Å². The van der Waals surface area contributed by atoms with Crippen molar-refractivity contribution in [3.63, 3.8) is 0 Å². The Hall–Kier alpha value is -2.68. The van der Waals surface area contributed by atoms with Crippen molar-refractivity contribution in [2.24, 2.45) is 5.92 Å². The summed E-state index contributed by atoms with van der Waals surface area (Å²) in [6.45, 7) is 9.70. The minimum atomic E-state index is -0.127. The number of rotatable bonds is 8. The van der Waals surface area contributed by atoms with Crippen LogP contribution in [0.25, 0.3) is 11.0 Å². The molecule has 0 saturated carbocycles. The number of aromatic nitrogens is 3. The van der Waals surface area contributed by atoms with Gasteiger partial charge in [0.05, 0.1) is 22.8 Å². The Kier molecular flexibility index (Phi) is 8.03. The van der Waals surface area contributed by atoms with Gasteiger partial charge in [0.25, 0.3) is 5.91 Å². The summed E-state index contributed by atoms with van der Waals surface area (Å²) in [5.74, 6) is 0.227. The fourth-order valence-corrected chi connectivity index (χ4v) is 5.04. The van der Waals surface area contributed by atoms with Crippen LogP contribution in [0.2, 0.25) is 0 Å². The highest BCUT2D eigenvalue weighted by molar-refractivity contribution is 6.06. The molecule has 2 amide bonds. The summed E-state index contributed by atoms with van der Waals surface area (Å²) in [6, 6.07) is 0.290. The van der Waals surface area contributed by atoms with Gasteiger partial charge in [-0.05, 0) is 45.4 Å². The highest BCUT2D eigenvalue weighted by Gasteiger charge is 2.28. The molecule has 2 aliphatic heterocycles. The maximum atomic E-state index is 13.4. The minimum absolute atomic E-state index is 0.0447. The largest absolute Gasteiger partial charge is 0.381 e. The average Bonchev–Trinajstić information content (AvgIpc) is 3.29. The van der Waals surface area contributed by atoms with Crippen molar-refractivity contribution in [1.82, 2.24) is 25.0 Å². The Morgan fingerprint density at radius 2 is 1.76 bits per heavy atom. The summed E-state index contributed by atoms with van der Waals surface area (Å²) in [4.78, 5) is 32.6. The van der Waals surface area contributed by atoms with Gasteiger partial charge in [-0.3, -0.25) is 9.59 Å². The molecule has 4 rings (SSSR count). The molecule has 0 bridgehead atoms. The van der Waals surface area contributed by atoms with E-state index in [0.717, 1.165) is 68.5 Å². The summed E-state index contributed by atoms with van der Waals surface area (Å²) >= 11 is 0. The zero-order valence-corrected chi connectivity index (χ0v) is 20.7. The number of nitrogens with one attached hydrogen (secondary N) is 2. The molecule has 4 heterocycles. The molecule has 2 aromatic heterocycles. The maximum absolute atomic E-state index is 13.4. The number of fused-ring (bicyclic) bond motifs is 1. The molecule has 0 aromatic carbocycles. The summed E-state index contributed by atoms with van der Waals surface area (Å²) in [7, 11) is 0. The zero-order valence-electron chi connectivity index (χ0n) is 20.7. The lowest BCUT2D eigenvalue weighted by atomic mass is 9.98. The lowest BCUT2D eigenvalue weighted by molar-refractivity contribution is -0.136. The van der Waals surface area contributed by atoms with E-state index >= 15 is 0 Å². The third-order valence-corrected chi connectivity index (χ3v) is 7.26. The van der Waals surface area contributed by atoms with Crippen molar-refractivity contribution in [2.75, 3.05) is 31.6 Å². The fourth-order valence-electron chi connectivity index (χ4n) is 5.04. The van der Waals surface area contributed by atoms with Crippen molar-refractivity contribution in [3.05, 3.63) is 18.0 Å². The van der Waals surface area contributed by atoms with Gasteiger partial charge in [-0.15, -0.1) is 0 Å². The van der Waals surface area contributed by atoms with Gasteiger partial charge in [0.1, 0.15) is 0 Å². The summed E-state index contributed by atoms with van der Waals surface area (Å²) in [5, 5.41) is 12.1. The Morgan fingerprint density at radius 3 is 2.41 bits per heavy atom. The van der Waals surface area contributed by atoms with E-state index in [9.17, 15) is 9.59 Å². The molecule has 2 N–H and O–H groups in total. The van der Waals surface area contributed by atoms with E-state index in [1.165, 1.54) is 0 Å². The number of anilines is 1. The van der Waals surface area contributed by atoms with E-state index < -0.39 is 0 Å². The average molecular weight is 471 g/mol. The van der Waals surface area contributed by atoms with Crippen LogP contribution in [0.4, 0.5) is 5.69 Å². The third kappa shape index (κ3) is 5.19. The first-order chi connectivity index (χ1) is 16.5. The number of carbonyl (C=O) groups excluding carboxylic acids is 2. The normalized spacial score (nSPS) is 17.9. The molecule has 0 radical (unpaired) electrons. The lowest BCUT2D eigenvalue weighted by Gasteiger charge is -2.34. The molecule has 0 spiro atoms. The van der Waals surface area contributed by atoms with Crippen LogP contribution < -0.4 is 10.6 Å². The van der Waals surface area contributed by atoms with Crippen LogP contribution in [0.5, 0.6) is 0 Å². The number of ether oxygens (including phenoxy) is 1. The molecular formula is C25H38N6O3. The SMILES string of the molecule is CCC(CC)C(=O)N1CCC(NC(=O)c2cnc3c(cnn3CC)c2NC2CCOCC2)CC1. The zero-order chi connectivity index (χ0) is 24.1. The van der Waals surface area contributed by atoms with Crippen molar-refractivity contribution < 1.29 is 14.3 Å². The number of nitrogens with zero attached hydrogens (tertiary/aromatic N) is 4. The van der Waals surface area contributed by atoms with Crippen molar-refractivity contribution >= 4 is 28.5 Å². The van der Waals surface area contributed by atoms with Crippen LogP contribution in [0, 0.1) is 5.92 Å². The second kappa shape index (κ2) is 11.2. The Morgan fingerprint density at radius 1 is 1.06 bits per heavy atom. The number of pyridine rings is 1. The van der Waals surface area contributed by atoms with E-state index in [1.54, 1.807) is 12.4 Å². The Bertz CT molecular complexity index is 988. The van der Waals surface area contributed by atoms with E-state index in [-0.39, 0.29) is 29.8 Å². The highest BCUT2D eigenvalue weighted by atomic mass is 16.5. The summed E-state index contributed by atoms with van der Waals surface area (Å²) in [6.07, 6.45) is 8.54. The number of hydrogen-bond donors (Lipinski definition) is 2. The van der Waals surface area contributed by atoms with Crippen LogP contribution in [0.1, 0.15) is 69.7 Å². The van der Waals surface area contributed by atoms with Crippen LogP contribution in [0.15, 0.2) is 12.4 Å². The molecule has 9 nitrogen and oxygen atoms in total. The Labute approximate surface area is 201 Å². The van der Waals surface area contributed by atoms with Gasteiger partial charge in [0, 0.05) is 57.0 Å². The second-order valence-electron chi connectivity index (χ2n) is 9.36. The number of piperidine rings is 1. The van der Waals surface area contributed by atoms with Gasteiger partial charge in [-0.1, -0.05) is 13.8 Å². The molecule has 0 aliphatic carbocycles. The number of likely N-dealkylation sites (tertiary alicyclic amines) is 1. The third-order valence-electron chi connectivity index (χ3n) is 7.26. The molecule has 2 aliphatic rings. The topological polar surface area (TPSA) is 101 Å². The highest BCUT2D eigenvalue weighted by Crippen LogP contribution is 2.29. The predicted octanol–water partition coefficient (Wildman–Crippen LogP) is 3.20. The van der Waals surface area contributed by atoms with Crippen LogP contribution in [0.3, 0.4) is 0 Å². The van der Waals surface area contributed by atoms with E-state index in [4.69, 9.17) is 4.74 Å². The first-order valence-electron chi connectivity index (χ1n) is 12.8. The molecule has 9 heteroatoms. The molecule has 2 aromatic rings. The summed E-state index contributed by atoms with van der Waals surface area (Å²) < 4.78 is 7.35. The van der Waals surface area contributed by atoms with Gasteiger partial charge in [0.15, 0.2) is 5.65 Å². The standard InChI is InChI=1S/C25H38N6O3/c1-4-17(5-2)25(33)30-11-7-18(8-12-30)29-24(32)21-15-26-23-20(16-27-31(23)6-3)22(21)28-19-9-13-34-14-10-19/h15-19H,4-14H2,1-3H3,(H,26,28)(H,29,32). The molecule has 0 atom stereocenters. The molecule has 2 fully saturated rings. The molecule has 0 unspecified atom stereocenters. The first kappa shape index (κ1) is 24.4. The summed E-state index contributed by atoms with van der Waals surface area (Å²) in [5.41, 5.74) is 2.13. The molecule has 34 heavy (non-hydrogen) atoms. The number of carbonyl (C=O) groups is 2. The lowest BCUT2D eigenvalue weighted by Crippen LogP contribution is -2.48. The minimum Gasteiger partial charge on any atom is -0.381 e. The smallest absolute Gasteiger partial charge is 0.255 e. The van der Waals surface area contributed by atoms with E-state index in [0.29, 0.717) is 25.2 Å². The number of aryl methyl sites for hydroxylation is 1. The monoisotopic (exact) mass is 470 g/mol. The fraction of sp³-hybridized carbons (Fsp3) is 0.680. The second-order valence-corrected chi connectivity index (χ2v) is 9.36. The maximum Gasteiger partial charge on any atom is 0.255 e. The van der Waals surface area contributed by atoms with Crippen molar-refractivity contribution in [2.45, 2.75) is 77.9 Å².